The molecule has 0 fully saturated rings. The summed E-state index contributed by atoms with van der Waals surface area (Å²) in [6.45, 7) is 1.46. The van der Waals surface area contributed by atoms with E-state index in [4.69, 9.17) is 0 Å². The van der Waals surface area contributed by atoms with Crippen LogP contribution in [0.1, 0.15) is 18.7 Å². The van der Waals surface area contributed by atoms with Gasteiger partial charge in [0.2, 0.25) is 5.91 Å². The summed E-state index contributed by atoms with van der Waals surface area (Å²) >= 11 is 0. The number of rotatable bonds is 3. The highest BCUT2D eigenvalue weighted by atomic mass is 16.3. The molecule has 0 aromatic heterocycles. The van der Waals surface area contributed by atoms with Crippen molar-refractivity contribution in [1.29, 1.82) is 0 Å². The maximum atomic E-state index is 10.8. The van der Waals surface area contributed by atoms with Gasteiger partial charge in [0, 0.05) is 12.6 Å². The fraction of sp³-hybridized carbons (Fsp3) is 0.364. The zero-order chi connectivity index (χ0) is 11.4. The van der Waals surface area contributed by atoms with Gasteiger partial charge in [-0.25, -0.2) is 0 Å². The molecule has 0 spiro atoms. The molecule has 4 nitrogen and oxygen atoms in total. The first-order valence-electron chi connectivity index (χ1n) is 4.72. The molecule has 15 heavy (non-hydrogen) atoms. The van der Waals surface area contributed by atoms with E-state index < -0.39 is 6.23 Å². The maximum absolute atomic E-state index is 10.8. The molecular formula is C11H16N2O2. The van der Waals surface area contributed by atoms with Gasteiger partial charge < -0.3 is 10.4 Å². The van der Waals surface area contributed by atoms with Gasteiger partial charge >= 0.3 is 0 Å². The van der Waals surface area contributed by atoms with Crippen molar-refractivity contribution in [3.8, 4) is 0 Å². The summed E-state index contributed by atoms with van der Waals surface area (Å²) in [5.74, 6) is -0.101. The number of aliphatic hydroxyl groups excluding tert-OH is 1. The molecule has 1 aromatic carbocycles. The summed E-state index contributed by atoms with van der Waals surface area (Å²) in [6, 6.07) is 7.11. The lowest BCUT2D eigenvalue weighted by Gasteiger charge is -2.18. The van der Waals surface area contributed by atoms with Gasteiger partial charge in [-0.15, -0.1) is 0 Å². The molecule has 1 amide bonds. The van der Waals surface area contributed by atoms with Crippen LogP contribution in [0.15, 0.2) is 24.3 Å². The Hall–Kier alpha value is -1.39. The highest BCUT2D eigenvalue weighted by molar-refractivity contribution is 5.88. The molecule has 0 saturated carbocycles. The minimum atomic E-state index is -0.614. The van der Waals surface area contributed by atoms with Gasteiger partial charge in [-0.1, -0.05) is 12.1 Å². The van der Waals surface area contributed by atoms with Crippen molar-refractivity contribution in [3.05, 3.63) is 29.8 Å². The van der Waals surface area contributed by atoms with Gasteiger partial charge in [0.15, 0.2) is 0 Å². The lowest BCUT2D eigenvalue weighted by Crippen LogP contribution is -2.19. The van der Waals surface area contributed by atoms with Gasteiger partial charge in [-0.2, -0.15) is 0 Å². The Morgan fingerprint density at radius 2 is 1.87 bits per heavy atom. The van der Waals surface area contributed by atoms with Crippen LogP contribution in [-0.4, -0.2) is 30.0 Å². The number of carbonyl (C=O) groups is 1. The van der Waals surface area contributed by atoms with Crippen molar-refractivity contribution in [2.75, 3.05) is 19.4 Å². The van der Waals surface area contributed by atoms with E-state index in [1.807, 2.05) is 0 Å². The molecule has 0 heterocycles. The third-order valence-corrected chi connectivity index (χ3v) is 2.02. The van der Waals surface area contributed by atoms with Crippen molar-refractivity contribution in [2.24, 2.45) is 0 Å². The fourth-order valence-electron chi connectivity index (χ4n) is 1.24. The van der Waals surface area contributed by atoms with Crippen LogP contribution >= 0.6 is 0 Å². The zero-order valence-corrected chi connectivity index (χ0v) is 9.19. The minimum absolute atomic E-state index is 0.101. The average Bonchev–Trinajstić information content (AvgIpc) is 2.17. The second-order valence-corrected chi connectivity index (χ2v) is 3.64. The SMILES string of the molecule is CC(=O)Nc1ccc(C(O)N(C)C)cc1. The van der Waals surface area contributed by atoms with E-state index in [9.17, 15) is 9.90 Å². The number of anilines is 1. The largest absolute Gasteiger partial charge is 0.374 e. The van der Waals surface area contributed by atoms with E-state index in [0.29, 0.717) is 0 Å². The van der Waals surface area contributed by atoms with E-state index in [1.54, 1.807) is 43.3 Å². The van der Waals surface area contributed by atoms with Gasteiger partial charge in [-0.3, -0.25) is 9.69 Å². The second kappa shape index (κ2) is 4.91. The zero-order valence-electron chi connectivity index (χ0n) is 9.19. The summed E-state index contributed by atoms with van der Waals surface area (Å²) in [5.41, 5.74) is 1.53. The van der Waals surface area contributed by atoms with E-state index in [0.717, 1.165) is 11.3 Å². The minimum Gasteiger partial charge on any atom is -0.374 e. The quantitative estimate of drug-likeness (QED) is 0.734. The van der Waals surface area contributed by atoms with Crippen LogP contribution in [0.3, 0.4) is 0 Å². The van der Waals surface area contributed by atoms with Crippen LogP contribution in [0, 0.1) is 0 Å². The van der Waals surface area contributed by atoms with Crippen LogP contribution in [0.5, 0.6) is 0 Å². The highest BCUT2D eigenvalue weighted by Crippen LogP contribution is 2.17. The van der Waals surface area contributed by atoms with Crippen molar-refractivity contribution >= 4 is 11.6 Å². The Kier molecular flexibility index (Phi) is 3.82. The van der Waals surface area contributed by atoms with Gasteiger partial charge in [-0.05, 0) is 31.8 Å². The van der Waals surface area contributed by atoms with Crippen LogP contribution in [-0.2, 0) is 4.79 Å². The predicted octanol–water partition coefficient (Wildman–Crippen LogP) is 1.20. The van der Waals surface area contributed by atoms with E-state index in [2.05, 4.69) is 5.32 Å². The van der Waals surface area contributed by atoms with E-state index >= 15 is 0 Å². The smallest absolute Gasteiger partial charge is 0.221 e. The van der Waals surface area contributed by atoms with Crippen LogP contribution in [0.25, 0.3) is 0 Å². The second-order valence-electron chi connectivity index (χ2n) is 3.64. The highest BCUT2D eigenvalue weighted by Gasteiger charge is 2.08. The molecule has 1 unspecified atom stereocenters. The summed E-state index contributed by atoms with van der Waals surface area (Å²) in [6.07, 6.45) is -0.614. The first-order valence-corrected chi connectivity index (χ1v) is 4.72. The fourth-order valence-corrected chi connectivity index (χ4v) is 1.24. The monoisotopic (exact) mass is 208 g/mol. The Bertz CT molecular complexity index is 333. The topological polar surface area (TPSA) is 52.6 Å². The molecule has 0 saturated heterocycles. The first kappa shape index (κ1) is 11.7. The number of nitrogens with one attached hydrogen (secondary N) is 1. The first-order chi connectivity index (χ1) is 7.00. The molecule has 1 atom stereocenters. The molecule has 0 aliphatic heterocycles. The molecular weight excluding hydrogens is 192 g/mol. The Balaban J connectivity index is 2.76. The standard InChI is InChI=1S/C11H16N2O2/c1-8(14)12-10-6-4-9(5-7-10)11(15)13(2)3/h4-7,11,15H,1-3H3,(H,12,14). The summed E-state index contributed by atoms with van der Waals surface area (Å²) in [7, 11) is 3.60. The molecule has 0 aliphatic rings. The Morgan fingerprint density at radius 3 is 2.27 bits per heavy atom. The molecule has 0 bridgehead atoms. The summed E-state index contributed by atoms with van der Waals surface area (Å²) in [5, 5.41) is 12.4. The molecule has 0 radical (unpaired) electrons. The Labute approximate surface area is 89.5 Å². The summed E-state index contributed by atoms with van der Waals surface area (Å²) < 4.78 is 0. The van der Waals surface area contributed by atoms with Crippen LogP contribution < -0.4 is 5.32 Å². The van der Waals surface area contributed by atoms with Crippen LogP contribution in [0.2, 0.25) is 0 Å². The molecule has 4 heteroatoms. The number of carbonyl (C=O) groups excluding carboxylic acids is 1. The number of hydrogen-bond acceptors (Lipinski definition) is 3. The van der Waals surface area contributed by atoms with E-state index in [1.165, 1.54) is 6.92 Å². The third-order valence-electron chi connectivity index (χ3n) is 2.02. The van der Waals surface area contributed by atoms with Gasteiger partial charge in [0.1, 0.15) is 6.23 Å². The number of aliphatic hydroxyl groups is 1. The number of nitrogens with zero attached hydrogens (tertiary/aromatic N) is 1. The molecule has 82 valence electrons. The number of hydrogen-bond donors (Lipinski definition) is 2. The van der Waals surface area contributed by atoms with E-state index in [-0.39, 0.29) is 5.91 Å². The van der Waals surface area contributed by atoms with Crippen molar-refractivity contribution < 1.29 is 9.90 Å². The maximum Gasteiger partial charge on any atom is 0.221 e. The van der Waals surface area contributed by atoms with Gasteiger partial charge in [0.25, 0.3) is 0 Å². The lowest BCUT2D eigenvalue weighted by atomic mass is 10.1. The predicted molar refractivity (Wildman–Crippen MR) is 59.4 cm³/mol. The van der Waals surface area contributed by atoms with Crippen LogP contribution in [0.4, 0.5) is 5.69 Å². The van der Waals surface area contributed by atoms with Crippen molar-refractivity contribution in [2.45, 2.75) is 13.2 Å². The van der Waals surface area contributed by atoms with Gasteiger partial charge in [0.05, 0.1) is 0 Å². The lowest BCUT2D eigenvalue weighted by molar-refractivity contribution is -0.114. The normalized spacial score (nSPS) is 12.6. The van der Waals surface area contributed by atoms with Crippen molar-refractivity contribution in [3.63, 3.8) is 0 Å². The number of amides is 1. The number of benzene rings is 1. The third kappa shape index (κ3) is 3.34. The molecule has 0 aliphatic carbocycles. The molecule has 2 N–H and O–H groups in total. The Morgan fingerprint density at radius 1 is 1.33 bits per heavy atom. The molecule has 1 rings (SSSR count). The molecule has 1 aromatic rings. The summed E-state index contributed by atoms with van der Waals surface area (Å²) in [4.78, 5) is 12.5. The average molecular weight is 208 g/mol. The van der Waals surface area contributed by atoms with Crippen molar-refractivity contribution in [1.82, 2.24) is 4.90 Å².